The van der Waals surface area contributed by atoms with Gasteiger partial charge in [0.05, 0.1) is 12.8 Å². The van der Waals surface area contributed by atoms with Crippen molar-refractivity contribution in [2.45, 2.75) is 4.90 Å². The van der Waals surface area contributed by atoms with Crippen molar-refractivity contribution < 1.29 is 17.9 Å². The fourth-order valence-electron chi connectivity index (χ4n) is 1.67. The van der Waals surface area contributed by atoms with Gasteiger partial charge in [-0.15, -0.1) is 11.3 Å². The van der Waals surface area contributed by atoms with Crippen LogP contribution in [0, 0.1) is 0 Å². The van der Waals surface area contributed by atoms with Crippen molar-refractivity contribution >= 4 is 33.0 Å². The Bertz CT molecular complexity index is 707. The SMILES string of the molecule is COC(=O)c1sccc1S(=O)(=O)N(C)c1ccccc1. The second-order valence-electron chi connectivity index (χ2n) is 3.91. The minimum atomic E-state index is -3.79. The van der Waals surface area contributed by atoms with Crippen LogP contribution in [0.5, 0.6) is 0 Å². The molecule has 0 fully saturated rings. The molecule has 5 nitrogen and oxygen atoms in total. The fourth-order valence-corrected chi connectivity index (χ4v) is 4.17. The average Bonchev–Trinajstić information content (AvgIpc) is 2.96. The first kappa shape index (κ1) is 14.5. The molecule has 20 heavy (non-hydrogen) atoms. The Kier molecular flexibility index (Phi) is 4.10. The molecule has 2 aromatic rings. The minimum Gasteiger partial charge on any atom is -0.465 e. The van der Waals surface area contributed by atoms with Crippen LogP contribution in [-0.4, -0.2) is 28.5 Å². The lowest BCUT2D eigenvalue weighted by atomic mass is 10.3. The van der Waals surface area contributed by atoms with Crippen molar-refractivity contribution in [3.8, 4) is 0 Å². The zero-order valence-corrected chi connectivity index (χ0v) is 12.6. The molecule has 1 aromatic carbocycles. The van der Waals surface area contributed by atoms with Crippen LogP contribution in [0.15, 0.2) is 46.7 Å². The second-order valence-corrected chi connectivity index (χ2v) is 6.77. The van der Waals surface area contributed by atoms with Crippen LogP contribution in [-0.2, 0) is 14.8 Å². The number of ether oxygens (including phenoxy) is 1. The molecule has 0 saturated carbocycles. The number of methoxy groups -OCH3 is 1. The van der Waals surface area contributed by atoms with Gasteiger partial charge in [0.2, 0.25) is 0 Å². The number of carbonyl (C=O) groups is 1. The van der Waals surface area contributed by atoms with E-state index in [-0.39, 0.29) is 9.77 Å². The first-order valence-electron chi connectivity index (χ1n) is 5.68. The molecule has 0 aliphatic carbocycles. The van der Waals surface area contributed by atoms with E-state index in [0.29, 0.717) is 5.69 Å². The molecule has 0 bridgehead atoms. The number of para-hydroxylation sites is 1. The average molecular weight is 311 g/mol. The van der Waals surface area contributed by atoms with Gasteiger partial charge in [0.25, 0.3) is 10.0 Å². The predicted molar refractivity (Wildman–Crippen MR) is 77.7 cm³/mol. The van der Waals surface area contributed by atoms with Gasteiger partial charge in [-0.25, -0.2) is 13.2 Å². The molecule has 1 aromatic heterocycles. The topological polar surface area (TPSA) is 63.7 Å². The Labute approximate surface area is 121 Å². The van der Waals surface area contributed by atoms with Crippen molar-refractivity contribution in [3.63, 3.8) is 0 Å². The number of hydrogen-bond donors (Lipinski definition) is 0. The molecule has 7 heteroatoms. The summed E-state index contributed by atoms with van der Waals surface area (Å²) in [4.78, 5) is 11.6. The van der Waals surface area contributed by atoms with Gasteiger partial charge in [-0.05, 0) is 23.6 Å². The molecular weight excluding hydrogens is 298 g/mol. The highest BCUT2D eigenvalue weighted by Gasteiger charge is 2.28. The summed E-state index contributed by atoms with van der Waals surface area (Å²) >= 11 is 1.04. The molecular formula is C13H13NO4S2. The summed E-state index contributed by atoms with van der Waals surface area (Å²) in [5, 5.41) is 1.55. The molecule has 0 aliphatic rings. The van der Waals surface area contributed by atoms with Gasteiger partial charge < -0.3 is 4.74 Å². The minimum absolute atomic E-state index is 0.0410. The number of hydrogen-bond acceptors (Lipinski definition) is 5. The maximum Gasteiger partial charge on any atom is 0.349 e. The van der Waals surface area contributed by atoms with Crippen LogP contribution < -0.4 is 4.31 Å². The van der Waals surface area contributed by atoms with Gasteiger partial charge in [-0.3, -0.25) is 4.31 Å². The molecule has 2 rings (SSSR count). The molecule has 1 heterocycles. The van der Waals surface area contributed by atoms with Gasteiger partial charge in [-0.1, -0.05) is 18.2 Å². The Morgan fingerprint density at radius 2 is 1.85 bits per heavy atom. The monoisotopic (exact) mass is 311 g/mol. The second kappa shape index (κ2) is 5.64. The Morgan fingerprint density at radius 3 is 2.45 bits per heavy atom. The molecule has 0 saturated heterocycles. The van der Waals surface area contributed by atoms with Crippen molar-refractivity contribution in [1.82, 2.24) is 0 Å². The number of sulfonamides is 1. The van der Waals surface area contributed by atoms with Crippen molar-refractivity contribution in [2.24, 2.45) is 0 Å². The standard InChI is InChI=1S/C13H13NO4S2/c1-14(10-6-4-3-5-7-10)20(16,17)11-8-9-19-12(11)13(15)18-2/h3-9H,1-2H3. The fraction of sp³-hybridized carbons (Fsp3) is 0.154. The summed E-state index contributed by atoms with van der Waals surface area (Å²) in [5.41, 5.74) is 0.523. The highest BCUT2D eigenvalue weighted by atomic mass is 32.2. The molecule has 0 atom stereocenters. The number of benzene rings is 1. The molecule has 0 aliphatic heterocycles. The summed E-state index contributed by atoms with van der Waals surface area (Å²) in [7, 11) is -1.12. The molecule has 0 unspecified atom stereocenters. The van der Waals surface area contributed by atoms with Crippen LogP contribution in [0.1, 0.15) is 9.67 Å². The third-order valence-corrected chi connectivity index (χ3v) is 5.61. The van der Waals surface area contributed by atoms with Crippen molar-refractivity contribution in [3.05, 3.63) is 46.7 Å². The predicted octanol–water partition coefficient (Wildman–Crippen LogP) is 2.36. The Hall–Kier alpha value is -1.86. The number of nitrogens with zero attached hydrogens (tertiary/aromatic N) is 1. The number of rotatable bonds is 4. The third kappa shape index (κ3) is 2.54. The summed E-state index contributed by atoms with van der Waals surface area (Å²) in [6.45, 7) is 0. The lowest BCUT2D eigenvalue weighted by Gasteiger charge is -2.19. The molecule has 0 N–H and O–H groups in total. The van der Waals surface area contributed by atoms with Crippen LogP contribution in [0.3, 0.4) is 0 Å². The largest absolute Gasteiger partial charge is 0.465 e. The van der Waals surface area contributed by atoms with Gasteiger partial charge in [-0.2, -0.15) is 0 Å². The van der Waals surface area contributed by atoms with Crippen LogP contribution in [0.4, 0.5) is 5.69 Å². The van der Waals surface area contributed by atoms with Gasteiger partial charge in [0, 0.05) is 7.05 Å². The van der Waals surface area contributed by atoms with Crippen molar-refractivity contribution in [1.29, 1.82) is 0 Å². The lowest BCUT2D eigenvalue weighted by molar-refractivity contribution is 0.0602. The molecule has 0 radical (unpaired) electrons. The van der Waals surface area contributed by atoms with Gasteiger partial charge >= 0.3 is 5.97 Å². The zero-order chi connectivity index (χ0) is 14.8. The summed E-state index contributed by atoms with van der Waals surface area (Å²) < 4.78 is 30.9. The van der Waals surface area contributed by atoms with E-state index in [1.54, 1.807) is 35.7 Å². The summed E-state index contributed by atoms with van der Waals surface area (Å²) in [6, 6.07) is 10.1. The van der Waals surface area contributed by atoms with E-state index in [4.69, 9.17) is 0 Å². The normalized spacial score (nSPS) is 11.1. The molecule has 0 amide bonds. The van der Waals surface area contributed by atoms with E-state index in [0.717, 1.165) is 15.6 Å². The van der Waals surface area contributed by atoms with Crippen LogP contribution in [0.25, 0.3) is 0 Å². The van der Waals surface area contributed by atoms with Crippen LogP contribution >= 0.6 is 11.3 Å². The third-order valence-electron chi connectivity index (χ3n) is 2.76. The maximum atomic E-state index is 12.6. The zero-order valence-electron chi connectivity index (χ0n) is 10.9. The quantitative estimate of drug-likeness (QED) is 0.813. The maximum absolute atomic E-state index is 12.6. The van der Waals surface area contributed by atoms with E-state index < -0.39 is 16.0 Å². The van der Waals surface area contributed by atoms with E-state index in [1.165, 1.54) is 20.2 Å². The number of anilines is 1. The van der Waals surface area contributed by atoms with E-state index in [9.17, 15) is 13.2 Å². The highest BCUT2D eigenvalue weighted by molar-refractivity contribution is 7.93. The smallest absolute Gasteiger partial charge is 0.349 e. The van der Waals surface area contributed by atoms with E-state index >= 15 is 0 Å². The van der Waals surface area contributed by atoms with Crippen molar-refractivity contribution in [2.75, 3.05) is 18.5 Å². The first-order valence-corrected chi connectivity index (χ1v) is 8.00. The number of thiophene rings is 1. The Balaban J connectivity index is 2.46. The summed E-state index contributed by atoms with van der Waals surface area (Å²) in [6.07, 6.45) is 0. The van der Waals surface area contributed by atoms with E-state index in [2.05, 4.69) is 4.74 Å². The van der Waals surface area contributed by atoms with Gasteiger partial charge in [0.1, 0.15) is 9.77 Å². The Morgan fingerprint density at radius 1 is 1.20 bits per heavy atom. The highest BCUT2D eigenvalue weighted by Crippen LogP contribution is 2.28. The first-order chi connectivity index (χ1) is 9.48. The van der Waals surface area contributed by atoms with E-state index in [1.807, 2.05) is 0 Å². The number of carbonyl (C=O) groups excluding carboxylic acids is 1. The lowest BCUT2D eigenvalue weighted by Crippen LogP contribution is -2.27. The molecule has 106 valence electrons. The van der Waals surface area contributed by atoms with Gasteiger partial charge in [0.15, 0.2) is 0 Å². The van der Waals surface area contributed by atoms with Crippen LogP contribution in [0.2, 0.25) is 0 Å². The molecule has 0 spiro atoms. The summed E-state index contributed by atoms with van der Waals surface area (Å²) in [5.74, 6) is -0.653. The number of esters is 1.